The Morgan fingerprint density at radius 3 is 2.81 bits per heavy atom. The largest absolute Gasteiger partial charge is 0.316 e. The molecule has 2 aliphatic heterocycles. The topological polar surface area (TPSA) is 46.2 Å². The second-order valence-electron chi connectivity index (χ2n) is 5.97. The zero-order valence-electron chi connectivity index (χ0n) is 9.74. The highest BCUT2D eigenvalue weighted by Gasteiger charge is 2.57. The first-order valence-electron chi connectivity index (χ1n) is 6.53. The van der Waals surface area contributed by atoms with Crippen molar-refractivity contribution in [1.82, 2.24) is 5.32 Å². The summed E-state index contributed by atoms with van der Waals surface area (Å²) in [5.41, 5.74) is 0.496. The van der Waals surface area contributed by atoms with Crippen LogP contribution in [0.2, 0.25) is 0 Å². The molecule has 3 unspecified atom stereocenters. The van der Waals surface area contributed by atoms with Gasteiger partial charge in [0.25, 0.3) is 0 Å². The molecule has 4 heteroatoms. The average Bonchev–Trinajstić information content (AvgIpc) is 2.92. The molecule has 1 aliphatic carbocycles. The van der Waals surface area contributed by atoms with Crippen LogP contribution < -0.4 is 5.32 Å². The quantitative estimate of drug-likeness (QED) is 0.753. The van der Waals surface area contributed by atoms with E-state index in [9.17, 15) is 8.42 Å². The lowest BCUT2D eigenvalue weighted by molar-refractivity contribution is 0.285. The molecule has 3 rings (SSSR count). The standard InChI is InChI=1S/C12H21NO2S/c14-16(15)6-1-3-10(8-16)11-7-12(11)4-2-5-13-9-12/h10-11,13H,1-9H2. The number of hydrogen-bond acceptors (Lipinski definition) is 3. The summed E-state index contributed by atoms with van der Waals surface area (Å²) < 4.78 is 23.3. The molecule has 0 aromatic rings. The van der Waals surface area contributed by atoms with E-state index in [0.717, 1.165) is 25.9 Å². The fourth-order valence-corrected chi connectivity index (χ4v) is 5.73. The van der Waals surface area contributed by atoms with Gasteiger partial charge in [-0.3, -0.25) is 0 Å². The summed E-state index contributed by atoms with van der Waals surface area (Å²) in [6, 6.07) is 0. The molecule has 2 saturated heterocycles. The molecule has 3 fully saturated rings. The molecule has 16 heavy (non-hydrogen) atoms. The van der Waals surface area contributed by atoms with Gasteiger partial charge in [0.05, 0.1) is 11.5 Å². The molecule has 3 atom stereocenters. The lowest BCUT2D eigenvalue weighted by atomic mass is 9.87. The van der Waals surface area contributed by atoms with Gasteiger partial charge in [0, 0.05) is 6.54 Å². The van der Waals surface area contributed by atoms with Crippen molar-refractivity contribution in [3.63, 3.8) is 0 Å². The van der Waals surface area contributed by atoms with Crippen molar-refractivity contribution in [3.8, 4) is 0 Å². The van der Waals surface area contributed by atoms with Crippen LogP contribution in [0.5, 0.6) is 0 Å². The van der Waals surface area contributed by atoms with Crippen molar-refractivity contribution >= 4 is 9.84 Å². The maximum absolute atomic E-state index is 11.6. The third-order valence-electron chi connectivity index (χ3n) is 4.83. The first-order valence-corrected chi connectivity index (χ1v) is 8.35. The molecule has 0 amide bonds. The molecule has 92 valence electrons. The Balaban J connectivity index is 1.67. The molecule has 0 radical (unpaired) electrons. The molecule has 2 heterocycles. The minimum Gasteiger partial charge on any atom is -0.316 e. The van der Waals surface area contributed by atoms with Crippen LogP contribution in [0, 0.1) is 17.3 Å². The second-order valence-corrected chi connectivity index (χ2v) is 8.20. The summed E-state index contributed by atoms with van der Waals surface area (Å²) >= 11 is 0. The van der Waals surface area contributed by atoms with Gasteiger partial charge in [0.1, 0.15) is 0 Å². The van der Waals surface area contributed by atoms with Crippen LogP contribution in [0.1, 0.15) is 32.1 Å². The highest BCUT2D eigenvalue weighted by atomic mass is 32.2. The van der Waals surface area contributed by atoms with Crippen LogP contribution in [0.3, 0.4) is 0 Å². The van der Waals surface area contributed by atoms with E-state index in [1.165, 1.54) is 19.3 Å². The molecule has 0 aromatic carbocycles. The smallest absolute Gasteiger partial charge is 0.150 e. The fourth-order valence-electron chi connectivity index (χ4n) is 3.90. The number of hydrogen-bond donors (Lipinski definition) is 1. The van der Waals surface area contributed by atoms with Crippen molar-refractivity contribution in [1.29, 1.82) is 0 Å². The minimum absolute atomic E-state index is 0.432. The summed E-state index contributed by atoms with van der Waals surface area (Å²) in [6.45, 7) is 2.28. The Bertz CT molecular complexity index is 370. The van der Waals surface area contributed by atoms with E-state index in [4.69, 9.17) is 0 Å². The normalized spacial score (nSPS) is 46.8. The fraction of sp³-hybridized carbons (Fsp3) is 1.00. The Labute approximate surface area is 97.9 Å². The van der Waals surface area contributed by atoms with Crippen LogP contribution in [-0.4, -0.2) is 33.0 Å². The van der Waals surface area contributed by atoms with Crippen molar-refractivity contribution < 1.29 is 8.42 Å². The highest BCUT2D eigenvalue weighted by molar-refractivity contribution is 7.91. The van der Waals surface area contributed by atoms with E-state index in [-0.39, 0.29) is 0 Å². The van der Waals surface area contributed by atoms with Gasteiger partial charge in [0.15, 0.2) is 9.84 Å². The number of piperidine rings is 1. The first-order chi connectivity index (χ1) is 7.61. The van der Waals surface area contributed by atoms with Gasteiger partial charge in [-0.25, -0.2) is 8.42 Å². The second kappa shape index (κ2) is 3.70. The zero-order valence-corrected chi connectivity index (χ0v) is 10.6. The van der Waals surface area contributed by atoms with Gasteiger partial charge in [0.2, 0.25) is 0 Å². The summed E-state index contributed by atoms with van der Waals surface area (Å²) in [5, 5.41) is 3.48. The van der Waals surface area contributed by atoms with Gasteiger partial charge in [-0.15, -0.1) is 0 Å². The molecule has 0 bridgehead atoms. The van der Waals surface area contributed by atoms with Crippen LogP contribution in [-0.2, 0) is 9.84 Å². The number of rotatable bonds is 1. The van der Waals surface area contributed by atoms with Gasteiger partial charge in [-0.1, -0.05) is 0 Å². The van der Waals surface area contributed by atoms with E-state index in [1.807, 2.05) is 0 Å². The van der Waals surface area contributed by atoms with Crippen molar-refractivity contribution in [3.05, 3.63) is 0 Å². The number of nitrogens with one attached hydrogen (secondary N) is 1. The van der Waals surface area contributed by atoms with Gasteiger partial charge >= 0.3 is 0 Å². The maximum atomic E-state index is 11.6. The Morgan fingerprint density at radius 2 is 2.12 bits per heavy atom. The first kappa shape index (κ1) is 11.0. The summed E-state index contributed by atoms with van der Waals surface area (Å²) in [6.07, 6.45) is 5.91. The van der Waals surface area contributed by atoms with Crippen LogP contribution >= 0.6 is 0 Å². The highest BCUT2D eigenvalue weighted by Crippen LogP contribution is 2.61. The van der Waals surface area contributed by atoms with Crippen LogP contribution in [0.4, 0.5) is 0 Å². The number of sulfone groups is 1. The van der Waals surface area contributed by atoms with Gasteiger partial charge < -0.3 is 5.32 Å². The maximum Gasteiger partial charge on any atom is 0.150 e. The van der Waals surface area contributed by atoms with E-state index >= 15 is 0 Å². The van der Waals surface area contributed by atoms with E-state index in [0.29, 0.717) is 28.8 Å². The Hall–Kier alpha value is -0.0900. The lowest BCUT2D eigenvalue weighted by Crippen LogP contribution is -2.35. The zero-order chi connectivity index (χ0) is 11.2. The van der Waals surface area contributed by atoms with Crippen molar-refractivity contribution in [2.45, 2.75) is 32.1 Å². The Kier molecular flexibility index (Phi) is 2.55. The van der Waals surface area contributed by atoms with Crippen molar-refractivity contribution in [2.24, 2.45) is 17.3 Å². The molecule has 1 saturated carbocycles. The molecular formula is C12H21NO2S. The molecule has 1 spiro atoms. The molecule has 1 N–H and O–H groups in total. The SMILES string of the molecule is O=S1(=O)CCCC(C2CC23CCCNC3)C1. The molecule has 3 aliphatic rings. The van der Waals surface area contributed by atoms with Crippen LogP contribution in [0.25, 0.3) is 0 Å². The van der Waals surface area contributed by atoms with E-state index < -0.39 is 9.84 Å². The predicted molar refractivity (Wildman–Crippen MR) is 64.0 cm³/mol. The van der Waals surface area contributed by atoms with Gasteiger partial charge in [-0.05, 0) is 55.9 Å². The van der Waals surface area contributed by atoms with Gasteiger partial charge in [-0.2, -0.15) is 0 Å². The van der Waals surface area contributed by atoms with E-state index in [2.05, 4.69) is 5.32 Å². The van der Waals surface area contributed by atoms with Crippen LogP contribution in [0.15, 0.2) is 0 Å². The molecule has 0 aromatic heterocycles. The lowest BCUT2D eigenvalue weighted by Gasteiger charge is -2.28. The summed E-state index contributed by atoms with van der Waals surface area (Å²) in [5.74, 6) is 2.08. The molecular weight excluding hydrogens is 222 g/mol. The van der Waals surface area contributed by atoms with Crippen molar-refractivity contribution in [2.75, 3.05) is 24.6 Å². The predicted octanol–water partition coefficient (Wildman–Crippen LogP) is 1.20. The third kappa shape index (κ3) is 1.90. The summed E-state index contributed by atoms with van der Waals surface area (Å²) in [4.78, 5) is 0. The average molecular weight is 243 g/mol. The summed E-state index contributed by atoms with van der Waals surface area (Å²) in [7, 11) is -2.71. The minimum atomic E-state index is -2.71. The molecule has 3 nitrogen and oxygen atoms in total. The Morgan fingerprint density at radius 1 is 1.25 bits per heavy atom. The van der Waals surface area contributed by atoms with E-state index in [1.54, 1.807) is 0 Å². The monoisotopic (exact) mass is 243 g/mol. The third-order valence-corrected chi connectivity index (χ3v) is 6.67.